The van der Waals surface area contributed by atoms with Crippen molar-refractivity contribution in [2.75, 3.05) is 11.1 Å². The summed E-state index contributed by atoms with van der Waals surface area (Å²) in [5, 5.41) is 24.6. The van der Waals surface area contributed by atoms with E-state index in [2.05, 4.69) is 5.32 Å². The van der Waals surface area contributed by atoms with Crippen LogP contribution in [0.1, 0.15) is 10.4 Å². The maximum atomic E-state index is 10.6. The zero-order valence-electron chi connectivity index (χ0n) is 9.79. The van der Waals surface area contributed by atoms with Crippen molar-refractivity contribution in [1.29, 1.82) is 5.26 Å². The highest BCUT2D eigenvalue weighted by atomic mass is 32.1. The Balaban J connectivity index is 2.19. The molecule has 0 atom stereocenters. The number of hydrogen-bond acceptors (Lipinski definition) is 6. The van der Waals surface area contributed by atoms with E-state index < -0.39 is 4.92 Å². The summed E-state index contributed by atoms with van der Waals surface area (Å²) in [5.41, 5.74) is 7.14. The third-order valence-electron chi connectivity index (χ3n) is 2.55. The van der Waals surface area contributed by atoms with Crippen molar-refractivity contribution in [2.24, 2.45) is 0 Å². The molecule has 2 aromatic rings. The number of rotatable bonds is 4. The number of nitrogens with zero attached hydrogens (tertiary/aromatic N) is 2. The summed E-state index contributed by atoms with van der Waals surface area (Å²) in [6, 6.07) is 7.89. The summed E-state index contributed by atoms with van der Waals surface area (Å²) in [6.45, 7) is 0.482. The maximum absolute atomic E-state index is 10.6. The molecule has 1 aromatic carbocycles. The minimum Gasteiger partial charge on any atom is -0.398 e. The molecule has 1 aromatic heterocycles. The second kappa shape index (κ2) is 5.37. The summed E-state index contributed by atoms with van der Waals surface area (Å²) in [7, 11) is 0. The standard InChI is InChI=1S/C12H10N4O2S/c13-6-8-5-9(16(17)18)1-2-11(8)15-7-12-10(14)3-4-19-12/h1-5,15H,7,14H2. The largest absolute Gasteiger partial charge is 0.398 e. The van der Waals surface area contributed by atoms with Gasteiger partial charge in [-0.05, 0) is 17.5 Å². The Bertz CT molecular complexity index is 660. The van der Waals surface area contributed by atoms with E-state index >= 15 is 0 Å². The van der Waals surface area contributed by atoms with Crippen LogP contribution in [0.2, 0.25) is 0 Å². The van der Waals surface area contributed by atoms with Gasteiger partial charge in [0.2, 0.25) is 0 Å². The number of thiophene rings is 1. The second-order valence-corrected chi connectivity index (χ2v) is 4.75. The molecule has 0 spiro atoms. The number of nitro groups is 1. The number of anilines is 2. The minimum absolute atomic E-state index is 0.0993. The number of nitrogens with one attached hydrogen (secondary N) is 1. The van der Waals surface area contributed by atoms with Crippen LogP contribution in [-0.4, -0.2) is 4.92 Å². The first-order valence-electron chi connectivity index (χ1n) is 5.36. The zero-order valence-corrected chi connectivity index (χ0v) is 10.6. The lowest BCUT2D eigenvalue weighted by molar-refractivity contribution is -0.384. The molecule has 3 N–H and O–H groups in total. The average Bonchev–Trinajstić information content (AvgIpc) is 2.81. The topological polar surface area (TPSA) is 105 Å². The van der Waals surface area contributed by atoms with Crippen molar-refractivity contribution in [3.63, 3.8) is 0 Å². The van der Waals surface area contributed by atoms with Crippen LogP contribution in [0.5, 0.6) is 0 Å². The van der Waals surface area contributed by atoms with Crippen molar-refractivity contribution >= 4 is 28.4 Å². The molecule has 0 aliphatic rings. The minimum atomic E-state index is -0.526. The molecular formula is C12H10N4O2S. The molecule has 0 amide bonds. The van der Waals surface area contributed by atoms with E-state index in [1.165, 1.54) is 29.5 Å². The Kier molecular flexibility index (Phi) is 3.63. The molecule has 0 saturated carbocycles. The van der Waals surface area contributed by atoms with Crippen LogP contribution in [0, 0.1) is 21.4 Å². The van der Waals surface area contributed by atoms with Gasteiger partial charge in [0.25, 0.3) is 5.69 Å². The van der Waals surface area contributed by atoms with Crippen LogP contribution < -0.4 is 11.1 Å². The number of nitriles is 1. The van der Waals surface area contributed by atoms with Crippen LogP contribution in [0.25, 0.3) is 0 Å². The Morgan fingerprint density at radius 3 is 2.84 bits per heavy atom. The van der Waals surface area contributed by atoms with E-state index in [0.717, 1.165) is 4.88 Å². The van der Waals surface area contributed by atoms with E-state index in [-0.39, 0.29) is 11.3 Å². The summed E-state index contributed by atoms with van der Waals surface area (Å²) in [6.07, 6.45) is 0. The van der Waals surface area contributed by atoms with Crippen LogP contribution in [0.4, 0.5) is 17.1 Å². The highest BCUT2D eigenvalue weighted by Crippen LogP contribution is 2.24. The van der Waals surface area contributed by atoms with E-state index in [0.29, 0.717) is 17.9 Å². The first kappa shape index (κ1) is 12.9. The molecule has 19 heavy (non-hydrogen) atoms. The van der Waals surface area contributed by atoms with Crippen molar-refractivity contribution in [3.05, 3.63) is 50.2 Å². The quantitative estimate of drug-likeness (QED) is 0.658. The number of hydrogen-bond donors (Lipinski definition) is 2. The van der Waals surface area contributed by atoms with Crippen LogP contribution >= 0.6 is 11.3 Å². The lowest BCUT2D eigenvalue weighted by Gasteiger charge is -2.07. The first-order valence-corrected chi connectivity index (χ1v) is 6.24. The second-order valence-electron chi connectivity index (χ2n) is 3.75. The number of non-ortho nitro benzene ring substituents is 1. The van der Waals surface area contributed by atoms with Gasteiger partial charge < -0.3 is 11.1 Å². The maximum Gasteiger partial charge on any atom is 0.270 e. The highest BCUT2D eigenvalue weighted by Gasteiger charge is 2.10. The van der Waals surface area contributed by atoms with Gasteiger partial charge in [-0.25, -0.2) is 0 Å². The van der Waals surface area contributed by atoms with Gasteiger partial charge in [-0.15, -0.1) is 11.3 Å². The fourth-order valence-electron chi connectivity index (χ4n) is 1.56. The highest BCUT2D eigenvalue weighted by molar-refractivity contribution is 7.10. The molecule has 1 heterocycles. The predicted molar refractivity (Wildman–Crippen MR) is 73.9 cm³/mol. The molecule has 0 aliphatic carbocycles. The molecule has 0 aliphatic heterocycles. The molecule has 0 saturated heterocycles. The lowest BCUT2D eigenvalue weighted by Crippen LogP contribution is -2.02. The average molecular weight is 274 g/mol. The van der Waals surface area contributed by atoms with Gasteiger partial charge in [0.1, 0.15) is 6.07 Å². The Hall–Kier alpha value is -2.59. The number of nitro benzene ring substituents is 1. The van der Waals surface area contributed by atoms with Crippen molar-refractivity contribution in [3.8, 4) is 6.07 Å². The van der Waals surface area contributed by atoms with Crippen molar-refractivity contribution in [1.82, 2.24) is 0 Å². The van der Waals surface area contributed by atoms with Gasteiger partial charge in [0.05, 0.1) is 22.7 Å². The third-order valence-corrected chi connectivity index (χ3v) is 3.49. The Morgan fingerprint density at radius 1 is 1.47 bits per heavy atom. The van der Waals surface area contributed by atoms with Gasteiger partial charge in [-0.1, -0.05) is 0 Å². The number of benzene rings is 1. The fourth-order valence-corrected chi connectivity index (χ4v) is 2.30. The van der Waals surface area contributed by atoms with E-state index in [9.17, 15) is 10.1 Å². The molecule has 96 valence electrons. The molecule has 2 rings (SSSR count). The van der Waals surface area contributed by atoms with Gasteiger partial charge in [0.15, 0.2) is 0 Å². The molecule has 0 unspecified atom stereocenters. The number of nitrogen functional groups attached to an aromatic ring is 1. The SMILES string of the molecule is N#Cc1cc([N+](=O)[O-])ccc1NCc1sccc1N. The lowest BCUT2D eigenvalue weighted by atomic mass is 10.1. The monoisotopic (exact) mass is 274 g/mol. The Labute approximate surface area is 113 Å². The Morgan fingerprint density at radius 2 is 2.26 bits per heavy atom. The van der Waals surface area contributed by atoms with E-state index in [1.807, 2.05) is 17.5 Å². The van der Waals surface area contributed by atoms with Crippen molar-refractivity contribution < 1.29 is 4.92 Å². The zero-order chi connectivity index (χ0) is 13.8. The molecule has 0 radical (unpaired) electrons. The normalized spacial score (nSPS) is 9.84. The van der Waals surface area contributed by atoms with Gasteiger partial charge >= 0.3 is 0 Å². The van der Waals surface area contributed by atoms with Gasteiger partial charge in [0, 0.05) is 22.7 Å². The van der Waals surface area contributed by atoms with Gasteiger partial charge in [-0.3, -0.25) is 10.1 Å². The van der Waals surface area contributed by atoms with E-state index in [4.69, 9.17) is 11.0 Å². The summed E-state index contributed by atoms with van der Waals surface area (Å²) in [5.74, 6) is 0. The van der Waals surface area contributed by atoms with Crippen LogP contribution in [0.3, 0.4) is 0 Å². The molecule has 6 nitrogen and oxygen atoms in total. The van der Waals surface area contributed by atoms with Crippen LogP contribution in [0.15, 0.2) is 29.6 Å². The summed E-state index contributed by atoms with van der Waals surface area (Å²) in [4.78, 5) is 11.1. The summed E-state index contributed by atoms with van der Waals surface area (Å²) < 4.78 is 0. The summed E-state index contributed by atoms with van der Waals surface area (Å²) >= 11 is 1.51. The first-order chi connectivity index (χ1) is 9.11. The van der Waals surface area contributed by atoms with Crippen molar-refractivity contribution in [2.45, 2.75) is 6.54 Å². The molecular weight excluding hydrogens is 264 g/mol. The van der Waals surface area contributed by atoms with Gasteiger partial charge in [-0.2, -0.15) is 5.26 Å². The van der Waals surface area contributed by atoms with Crippen LogP contribution in [-0.2, 0) is 6.54 Å². The molecule has 0 bridgehead atoms. The molecule has 7 heteroatoms. The molecule has 0 fully saturated rings. The number of nitrogens with two attached hydrogens (primary N) is 1. The third kappa shape index (κ3) is 2.81. The van der Waals surface area contributed by atoms with E-state index in [1.54, 1.807) is 0 Å². The smallest absolute Gasteiger partial charge is 0.270 e. The predicted octanol–water partition coefficient (Wildman–Crippen LogP) is 2.72. The fraction of sp³-hybridized carbons (Fsp3) is 0.0833.